The molecule has 7 nitrogen and oxygen atoms in total. The molecule has 29 heavy (non-hydrogen) atoms. The minimum atomic E-state index is -0.411. The van der Waals surface area contributed by atoms with Gasteiger partial charge in [0, 0.05) is 47.6 Å². The average molecular weight is 430 g/mol. The van der Waals surface area contributed by atoms with E-state index in [4.69, 9.17) is 16.3 Å². The van der Waals surface area contributed by atoms with Gasteiger partial charge in [0.15, 0.2) is 5.16 Å². The summed E-state index contributed by atoms with van der Waals surface area (Å²) in [6, 6.07) is 7.62. The summed E-state index contributed by atoms with van der Waals surface area (Å²) in [6.45, 7) is 3.38. The van der Waals surface area contributed by atoms with Crippen LogP contribution in [-0.4, -0.2) is 45.5 Å². The first-order valence-corrected chi connectivity index (χ1v) is 10.9. The number of carbonyl (C=O) groups excluding carboxylic acids is 1. The van der Waals surface area contributed by atoms with Crippen molar-refractivity contribution < 1.29 is 9.53 Å². The first-order chi connectivity index (χ1) is 14.1. The molecular formula is C20H20ClN5O2S. The Balaban J connectivity index is 1.71. The molecule has 1 N–H and O–H groups in total. The van der Waals surface area contributed by atoms with Crippen molar-refractivity contribution in [2.45, 2.75) is 25.0 Å². The second kappa shape index (κ2) is 8.42. The molecule has 0 aliphatic carbocycles. The highest BCUT2D eigenvalue weighted by atomic mass is 35.5. The molecule has 9 heteroatoms. The SMILES string of the molecule is CCOC(=O)c1cnc(SC)nc1N1CCc2[nH]nc(-c3ccc(Cl)cc3)c2C1. The lowest BCUT2D eigenvalue weighted by Crippen LogP contribution is -2.32. The van der Waals surface area contributed by atoms with Crippen LogP contribution < -0.4 is 4.90 Å². The molecule has 0 unspecified atom stereocenters. The smallest absolute Gasteiger partial charge is 0.343 e. The van der Waals surface area contributed by atoms with E-state index < -0.39 is 5.97 Å². The number of rotatable bonds is 5. The van der Waals surface area contributed by atoms with Crippen molar-refractivity contribution in [3.63, 3.8) is 0 Å². The zero-order valence-corrected chi connectivity index (χ0v) is 17.7. The molecule has 1 aromatic carbocycles. The fourth-order valence-corrected chi connectivity index (χ4v) is 3.83. The number of hydrogen-bond acceptors (Lipinski definition) is 7. The molecule has 1 aliphatic heterocycles. The van der Waals surface area contributed by atoms with Crippen molar-refractivity contribution in [3.8, 4) is 11.3 Å². The van der Waals surface area contributed by atoms with E-state index in [0.717, 1.165) is 28.9 Å². The second-order valence-electron chi connectivity index (χ2n) is 6.52. The number of thioether (sulfide) groups is 1. The molecule has 0 spiro atoms. The minimum Gasteiger partial charge on any atom is -0.462 e. The number of fused-ring (bicyclic) bond motifs is 1. The summed E-state index contributed by atoms with van der Waals surface area (Å²) >= 11 is 7.46. The Morgan fingerprint density at radius 1 is 1.34 bits per heavy atom. The Morgan fingerprint density at radius 2 is 2.14 bits per heavy atom. The number of nitrogens with zero attached hydrogens (tertiary/aromatic N) is 4. The normalized spacial score (nSPS) is 13.3. The van der Waals surface area contributed by atoms with Crippen molar-refractivity contribution in [2.75, 3.05) is 24.3 Å². The van der Waals surface area contributed by atoms with Crippen molar-refractivity contribution >= 4 is 35.1 Å². The number of ether oxygens (including phenoxy) is 1. The lowest BCUT2D eigenvalue weighted by Gasteiger charge is -2.29. The molecule has 3 heterocycles. The van der Waals surface area contributed by atoms with Crippen molar-refractivity contribution in [1.29, 1.82) is 0 Å². The van der Waals surface area contributed by atoms with Crippen LogP contribution in [0.2, 0.25) is 5.02 Å². The Kier molecular flexibility index (Phi) is 5.73. The molecule has 0 fully saturated rings. The lowest BCUT2D eigenvalue weighted by molar-refractivity contribution is 0.0526. The monoisotopic (exact) mass is 429 g/mol. The summed E-state index contributed by atoms with van der Waals surface area (Å²) in [5.74, 6) is 0.183. The summed E-state index contributed by atoms with van der Waals surface area (Å²) in [6.07, 6.45) is 4.24. The van der Waals surface area contributed by atoms with Crippen LogP contribution in [0.3, 0.4) is 0 Å². The van der Waals surface area contributed by atoms with Gasteiger partial charge in [-0.25, -0.2) is 14.8 Å². The Morgan fingerprint density at radius 3 is 2.86 bits per heavy atom. The van der Waals surface area contributed by atoms with E-state index in [1.165, 1.54) is 11.8 Å². The van der Waals surface area contributed by atoms with E-state index in [2.05, 4.69) is 25.1 Å². The van der Waals surface area contributed by atoms with Gasteiger partial charge in [0.1, 0.15) is 11.4 Å². The number of H-pyrrole nitrogens is 1. The maximum absolute atomic E-state index is 12.5. The standard InChI is InChI=1S/C20H20ClN5O2S/c1-3-28-19(27)14-10-22-20(29-2)23-18(14)26-9-8-16-15(11-26)17(25-24-16)12-4-6-13(21)7-5-12/h4-7,10H,3,8-9,11H2,1-2H3,(H,24,25). The number of aromatic amines is 1. The van der Waals surface area contributed by atoms with E-state index in [0.29, 0.717) is 41.3 Å². The van der Waals surface area contributed by atoms with E-state index in [1.807, 2.05) is 30.5 Å². The quantitative estimate of drug-likeness (QED) is 0.373. The van der Waals surface area contributed by atoms with Crippen molar-refractivity contribution in [2.24, 2.45) is 0 Å². The summed E-state index contributed by atoms with van der Waals surface area (Å²) < 4.78 is 5.21. The van der Waals surface area contributed by atoms with E-state index in [9.17, 15) is 4.79 Å². The van der Waals surface area contributed by atoms with E-state index >= 15 is 0 Å². The third-order valence-corrected chi connectivity index (χ3v) is 5.59. The molecule has 0 saturated carbocycles. The summed E-state index contributed by atoms with van der Waals surface area (Å²) in [4.78, 5) is 23.4. The first kappa shape index (κ1) is 19.7. The zero-order valence-electron chi connectivity index (χ0n) is 16.1. The van der Waals surface area contributed by atoms with E-state index in [1.54, 1.807) is 13.1 Å². The topological polar surface area (TPSA) is 84.0 Å². The maximum atomic E-state index is 12.5. The van der Waals surface area contributed by atoms with Gasteiger partial charge in [-0.1, -0.05) is 35.5 Å². The third kappa shape index (κ3) is 3.95. The average Bonchev–Trinajstić information content (AvgIpc) is 3.17. The molecule has 150 valence electrons. The van der Waals surface area contributed by atoms with Crippen LogP contribution >= 0.6 is 23.4 Å². The fourth-order valence-electron chi connectivity index (χ4n) is 3.37. The second-order valence-corrected chi connectivity index (χ2v) is 7.73. The van der Waals surface area contributed by atoms with Crippen LogP contribution in [0.15, 0.2) is 35.6 Å². The van der Waals surface area contributed by atoms with Crippen LogP contribution in [0.4, 0.5) is 5.82 Å². The van der Waals surface area contributed by atoms with Gasteiger partial charge >= 0.3 is 5.97 Å². The van der Waals surface area contributed by atoms with Gasteiger partial charge in [0.2, 0.25) is 0 Å². The number of aromatic nitrogens is 4. The number of carbonyl (C=O) groups is 1. The minimum absolute atomic E-state index is 0.301. The highest BCUT2D eigenvalue weighted by molar-refractivity contribution is 7.98. The Bertz CT molecular complexity index is 1040. The largest absolute Gasteiger partial charge is 0.462 e. The fraction of sp³-hybridized carbons (Fsp3) is 0.300. The summed E-state index contributed by atoms with van der Waals surface area (Å²) in [5, 5.41) is 8.98. The van der Waals surface area contributed by atoms with Gasteiger partial charge in [0.05, 0.1) is 12.3 Å². The highest BCUT2D eigenvalue weighted by Gasteiger charge is 2.27. The molecule has 1 aliphatic rings. The van der Waals surface area contributed by atoms with Crippen LogP contribution in [0.5, 0.6) is 0 Å². The molecule has 0 saturated heterocycles. The predicted molar refractivity (Wildman–Crippen MR) is 114 cm³/mol. The highest BCUT2D eigenvalue weighted by Crippen LogP contribution is 2.32. The van der Waals surface area contributed by atoms with Crippen LogP contribution in [0.1, 0.15) is 28.5 Å². The van der Waals surface area contributed by atoms with Crippen LogP contribution in [-0.2, 0) is 17.7 Å². The van der Waals surface area contributed by atoms with E-state index in [-0.39, 0.29) is 0 Å². The number of hydrogen-bond donors (Lipinski definition) is 1. The molecule has 4 rings (SSSR count). The first-order valence-electron chi connectivity index (χ1n) is 9.25. The molecule has 0 bridgehead atoms. The Labute approximate surface area is 177 Å². The lowest BCUT2D eigenvalue weighted by atomic mass is 10.0. The maximum Gasteiger partial charge on any atom is 0.343 e. The molecule has 2 aromatic heterocycles. The van der Waals surface area contributed by atoms with Gasteiger partial charge in [-0.15, -0.1) is 0 Å². The van der Waals surface area contributed by atoms with Gasteiger partial charge < -0.3 is 9.64 Å². The zero-order chi connectivity index (χ0) is 20.4. The van der Waals surface area contributed by atoms with Gasteiger partial charge in [-0.2, -0.15) is 5.10 Å². The number of halogens is 1. The summed E-state index contributed by atoms with van der Waals surface area (Å²) in [7, 11) is 0. The molecule has 0 radical (unpaired) electrons. The van der Waals surface area contributed by atoms with Gasteiger partial charge in [-0.3, -0.25) is 5.10 Å². The molecule has 0 amide bonds. The van der Waals surface area contributed by atoms with Gasteiger partial charge in [-0.05, 0) is 25.3 Å². The molecule has 0 atom stereocenters. The number of esters is 1. The predicted octanol–water partition coefficient (Wildman–Crippen LogP) is 3.98. The third-order valence-electron chi connectivity index (χ3n) is 4.78. The number of benzene rings is 1. The molecular weight excluding hydrogens is 410 g/mol. The Hall–Kier alpha value is -2.58. The van der Waals surface area contributed by atoms with Crippen LogP contribution in [0, 0.1) is 0 Å². The van der Waals surface area contributed by atoms with Crippen molar-refractivity contribution in [3.05, 3.63) is 52.3 Å². The van der Waals surface area contributed by atoms with Crippen LogP contribution in [0.25, 0.3) is 11.3 Å². The molecule has 3 aromatic rings. The van der Waals surface area contributed by atoms with Gasteiger partial charge in [0.25, 0.3) is 0 Å². The van der Waals surface area contributed by atoms with Crippen molar-refractivity contribution in [1.82, 2.24) is 20.2 Å². The number of nitrogens with one attached hydrogen (secondary N) is 1. The summed E-state index contributed by atoms with van der Waals surface area (Å²) in [5.41, 5.74) is 4.45. The number of anilines is 1.